The van der Waals surface area contributed by atoms with Crippen molar-refractivity contribution in [3.05, 3.63) is 35.9 Å². The largest absolute Gasteiger partial charge is 0.330 e. The van der Waals surface area contributed by atoms with Crippen LogP contribution in [0.5, 0.6) is 0 Å². The second-order valence-electron chi connectivity index (χ2n) is 3.50. The molecule has 0 amide bonds. The molecular formula is C10H17NSi. The van der Waals surface area contributed by atoms with E-state index in [0.717, 1.165) is 6.54 Å². The third kappa shape index (κ3) is 2.19. The smallest absolute Gasteiger partial charge is 0.0404 e. The number of benzene rings is 1. The average Bonchev–Trinajstić information content (AvgIpc) is 2.07. The van der Waals surface area contributed by atoms with Crippen molar-refractivity contribution in [2.24, 2.45) is 5.73 Å². The van der Waals surface area contributed by atoms with Gasteiger partial charge in [0.1, 0.15) is 0 Å². The lowest BCUT2D eigenvalue weighted by molar-refractivity contribution is 0.906. The van der Waals surface area contributed by atoms with Crippen molar-refractivity contribution in [2.45, 2.75) is 18.6 Å². The van der Waals surface area contributed by atoms with Crippen molar-refractivity contribution in [1.82, 2.24) is 0 Å². The summed E-state index contributed by atoms with van der Waals surface area (Å²) in [4.78, 5) is 0. The molecule has 0 aliphatic heterocycles. The minimum Gasteiger partial charge on any atom is -0.330 e. The summed E-state index contributed by atoms with van der Waals surface area (Å²) < 4.78 is 0. The van der Waals surface area contributed by atoms with Crippen molar-refractivity contribution in [1.29, 1.82) is 0 Å². The molecule has 0 aromatic heterocycles. The molecule has 1 unspecified atom stereocenters. The van der Waals surface area contributed by atoms with E-state index >= 15 is 0 Å². The summed E-state index contributed by atoms with van der Waals surface area (Å²) in [6, 6.07) is 10.6. The van der Waals surface area contributed by atoms with Gasteiger partial charge in [-0.25, -0.2) is 0 Å². The monoisotopic (exact) mass is 179 g/mol. The molecule has 0 saturated carbocycles. The molecule has 1 nitrogen and oxygen atoms in total. The van der Waals surface area contributed by atoms with Gasteiger partial charge in [-0.2, -0.15) is 0 Å². The predicted molar refractivity (Wildman–Crippen MR) is 57.1 cm³/mol. The first-order valence-corrected chi connectivity index (χ1v) is 7.48. The zero-order valence-electron chi connectivity index (χ0n) is 7.83. The van der Waals surface area contributed by atoms with Gasteiger partial charge < -0.3 is 5.73 Å². The molecule has 0 fully saturated rings. The molecule has 0 spiro atoms. The fourth-order valence-corrected chi connectivity index (χ4v) is 3.03. The SMILES string of the molecule is C[SiH](C)C(CN)c1ccccc1. The van der Waals surface area contributed by atoms with Crippen molar-refractivity contribution < 1.29 is 0 Å². The highest BCUT2D eigenvalue weighted by Gasteiger charge is 2.13. The Hall–Kier alpha value is -0.603. The molecular weight excluding hydrogens is 162 g/mol. The van der Waals surface area contributed by atoms with Crippen LogP contribution in [0.4, 0.5) is 0 Å². The summed E-state index contributed by atoms with van der Waals surface area (Å²) in [7, 11) is -0.637. The van der Waals surface area contributed by atoms with Gasteiger partial charge in [-0.1, -0.05) is 43.4 Å². The van der Waals surface area contributed by atoms with Gasteiger partial charge in [-0.15, -0.1) is 0 Å². The van der Waals surface area contributed by atoms with E-state index in [1.54, 1.807) is 0 Å². The van der Waals surface area contributed by atoms with E-state index in [-0.39, 0.29) is 0 Å². The molecule has 0 radical (unpaired) electrons. The molecule has 0 aliphatic carbocycles. The van der Waals surface area contributed by atoms with Gasteiger partial charge in [0.05, 0.1) is 0 Å². The summed E-state index contributed by atoms with van der Waals surface area (Å²) in [6.07, 6.45) is 0. The van der Waals surface area contributed by atoms with Crippen LogP contribution in [0.25, 0.3) is 0 Å². The highest BCUT2D eigenvalue weighted by atomic mass is 28.3. The normalized spacial score (nSPS) is 13.3. The molecule has 0 saturated heterocycles. The summed E-state index contributed by atoms with van der Waals surface area (Å²) in [5.74, 6) is 0. The lowest BCUT2D eigenvalue weighted by atomic mass is 10.1. The minimum atomic E-state index is -0.637. The van der Waals surface area contributed by atoms with Crippen LogP contribution in [0.1, 0.15) is 11.1 Å². The Balaban J connectivity index is 2.80. The molecule has 66 valence electrons. The van der Waals surface area contributed by atoms with Crippen molar-refractivity contribution in [2.75, 3.05) is 6.54 Å². The maximum absolute atomic E-state index is 5.74. The van der Waals surface area contributed by atoms with E-state index in [2.05, 4.69) is 43.4 Å². The van der Waals surface area contributed by atoms with Crippen LogP contribution in [-0.2, 0) is 0 Å². The Kier molecular flexibility index (Phi) is 3.50. The average molecular weight is 179 g/mol. The number of hydrogen-bond acceptors (Lipinski definition) is 1. The minimum absolute atomic E-state index is 0.637. The van der Waals surface area contributed by atoms with Crippen LogP contribution in [0.2, 0.25) is 13.1 Å². The second kappa shape index (κ2) is 4.43. The summed E-state index contributed by atoms with van der Waals surface area (Å²) in [5.41, 5.74) is 7.80. The number of rotatable bonds is 3. The predicted octanol–water partition coefficient (Wildman–Crippen LogP) is 1.75. The van der Waals surface area contributed by atoms with E-state index < -0.39 is 8.80 Å². The first-order valence-electron chi connectivity index (χ1n) is 4.50. The van der Waals surface area contributed by atoms with E-state index in [4.69, 9.17) is 5.73 Å². The topological polar surface area (TPSA) is 26.0 Å². The summed E-state index contributed by atoms with van der Waals surface area (Å²) in [5, 5.41) is 0. The molecule has 2 heteroatoms. The van der Waals surface area contributed by atoms with Crippen molar-refractivity contribution in [3.63, 3.8) is 0 Å². The molecule has 1 rings (SSSR count). The van der Waals surface area contributed by atoms with Crippen molar-refractivity contribution >= 4 is 8.80 Å². The molecule has 1 aromatic rings. The fourth-order valence-electron chi connectivity index (χ4n) is 1.49. The van der Waals surface area contributed by atoms with Gasteiger partial charge in [0.2, 0.25) is 0 Å². The Morgan fingerprint density at radius 3 is 2.25 bits per heavy atom. The Morgan fingerprint density at radius 1 is 1.25 bits per heavy atom. The van der Waals surface area contributed by atoms with E-state index in [1.165, 1.54) is 5.56 Å². The van der Waals surface area contributed by atoms with Crippen LogP contribution in [0.3, 0.4) is 0 Å². The zero-order chi connectivity index (χ0) is 8.97. The molecule has 0 heterocycles. The molecule has 0 aliphatic rings. The van der Waals surface area contributed by atoms with Gasteiger partial charge in [-0.05, 0) is 17.6 Å². The summed E-state index contributed by atoms with van der Waals surface area (Å²) >= 11 is 0. The fraction of sp³-hybridized carbons (Fsp3) is 0.400. The molecule has 12 heavy (non-hydrogen) atoms. The van der Waals surface area contributed by atoms with Crippen LogP contribution in [0.15, 0.2) is 30.3 Å². The molecule has 2 N–H and O–H groups in total. The Labute approximate surface area is 76.2 Å². The maximum Gasteiger partial charge on any atom is 0.0404 e. The van der Waals surface area contributed by atoms with Gasteiger partial charge in [0.25, 0.3) is 0 Å². The van der Waals surface area contributed by atoms with Crippen LogP contribution >= 0.6 is 0 Å². The molecule has 1 atom stereocenters. The quantitative estimate of drug-likeness (QED) is 0.703. The van der Waals surface area contributed by atoms with Crippen LogP contribution in [0, 0.1) is 0 Å². The molecule has 0 bridgehead atoms. The van der Waals surface area contributed by atoms with Crippen LogP contribution < -0.4 is 5.73 Å². The third-order valence-corrected chi connectivity index (χ3v) is 4.55. The van der Waals surface area contributed by atoms with E-state index in [1.807, 2.05) is 0 Å². The van der Waals surface area contributed by atoms with E-state index in [0.29, 0.717) is 5.54 Å². The second-order valence-corrected chi connectivity index (χ2v) is 6.79. The Morgan fingerprint density at radius 2 is 1.83 bits per heavy atom. The third-order valence-electron chi connectivity index (χ3n) is 2.29. The van der Waals surface area contributed by atoms with Gasteiger partial charge >= 0.3 is 0 Å². The Bertz CT molecular complexity index is 221. The maximum atomic E-state index is 5.74. The van der Waals surface area contributed by atoms with Crippen molar-refractivity contribution in [3.8, 4) is 0 Å². The number of nitrogens with two attached hydrogens (primary N) is 1. The van der Waals surface area contributed by atoms with Gasteiger partial charge in [0.15, 0.2) is 0 Å². The first kappa shape index (κ1) is 9.48. The van der Waals surface area contributed by atoms with Gasteiger partial charge in [0, 0.05) is 8.80 Å². The standard InChI is InChI=1S/C10H17NSi/c1-12(2)10(8-11)9-6-4-3-5-7-9/h3-7,10,12H,8,11H2,1-2H3. The highest BCUT2D eigenvalue weighted by Crippen LogP contribution is 2.16. The highest BCUT2D eigenvalue weighted by molar-refractivity contribution is 6.57. The molecule has 1 aromatic carbocycles. The summed E-state index contributed by atoms with van der Waals surface area (Å²) in [6.45, 7) is 5.50. The first-order chi connectivity index (χ1) is 5.75. The van der Waals surface area contributed by atoms with Crippen LogP contribution in [-0.4, -0.2) is 15.3 Å². The zero-order valence-corrected chi connectivity index (χ0v) is 8.98. The lowest BCUT2D eigenvalue weighted by Gasteiger charge is -2.17. The van der Waals surface area contributed by atoms with Gasteiger partial charge in [-0.3, -0.25) is 0 Å². The number of hydrogen-bond donors (Lipinski definition) is 1. The lowest BCUT2D eigenvalue weighted by Crippen LogP contribution is -2.24. The van der Waals surface area contributed by atoms with E-state index in [9.17, 15) is 0 Å².